The lowest BCUT2D eigenvalue weighted by Gasteiger charge is -2.16. The zero-order chi connectivity index (χ0) is 16.8. The standard InChI is InChI=1S/C17H11F2NO.C2H6/c18-14-5-4-12(16(19)10-14)3-1-11-2-6-15-13(9-11)7-8-20-17(15)21;1-2/h2,4-6,9-10H,7-8H2,(H,20,21);1-2H3. The van der Waals surface area contributed by atoms with Crippen molar-refractivity contribution in [3.05, 3.63) is 70.3 Å². The molecule has 0 spiro atoms. The van der Waals surface area contributed by atoms with Crippen LogP contribution >= 0.6 is 0 Å². The minimum Gasteiger partial charge on any atom is -0.352 e. The second kappa shape index (κ2) is 7.55. The SMILES string of the molecule is CC.O=C1NCCc2cc(C#Cc3ccc(F)cc3F)ccc21. The number of nitrogens with one attached hydrogen (secondary N) is 1. The molecular formula is C19H17F2NO. The molecular weight excluding hydrogens is 296 g/mol. The molecule has 1 aliphatic heterocycles. The van der Waals surface area contributed by atoms with Gasteiger partial charge in [-0.2, -0.15) is 0 Å². The van der Waals surface area contributed by atoms with Crippen LogP contribution in [0.4, 0.5) is 8.78 Å². The molecule has 0 saturated heterocycles. The Bertz CT molecular complexity index is 788. The second-order valence-electron chi connectivity index (χ2n) is 4.75. The van der Waals surface area contributed by atoms with Crippen molar-refractivity contribution in [2.45, 2.75) is 20.3 Å². The summed E-state index contributed by atoms with van der Waals surface area (Å²) >= 11 is 0. The van der Waals surface area contributed by atoms with Crippen LogP contribution in [0.1, 0.15) is 40.9 Å². The molecule has 1 aliphatic rings. The Kier molecular flexibility index (Phi) is 5.48. The smallest absolute Gasteiger partial charge is 0.251 e. The third-order valence-electron chi connectivity index (χ3n) is 3.30. The van der Waals surface area contributed by atoms with Crippen LogP contribution in [-0.2, 0) is 6.42 Å². The molecule has 2 aromatic carbocycles. The number of halogens is 2. The molecule has 1 amide bonds. The van der Waals surface area contributed by atoms with E-state index < -0.39 is 11.6 Å². The average molecular weight is 313 g/mol. The molecule has 4 heteroatoms. The van der Waals surface area contributed by atoms with Crippen molar-refractivity contribution in [2.24, 2.45) is 0 Å². The molecule has 0 aliphatic carbocycles. The van der Waals surface area contributed by atoms with Crippen LogP contribution in [0.3, 0.4) is 0 Å². The molecule has 0 radical (unpaired) electrons. The van der Waals surface area contributed by atoms with E-state index in [0.717, 1.165) is 18.1 Å². The Labute approximate surface area is 134 Å². The van der Waals surface area contributed by atoms with Gasteiger partial charge < -0.3 is 5.32 Å². The van der Waals surface area contributed by atoms with E-state index in [1.807, 2.05) is 19.9 Å². The lowest BCUT2D eigenvalue weighted by molar-refractivity contribution is 0.0946. The number of benzene rings is 2. The number of amides is 1. The first-order chi connectivity index (χ1) is 11.1. The number of carbonyl (C=O) groups is 1. The summed E-state index contributed by atoms with van der Waals surface area (Å²) in [5.74, 6) is 4.13. The fourth-order valence-electron chi connectivity index (χ4n) is 2.24. The summed E-state index contributed by atoms with van der Waals surface area (Å²) in [6, 6.07) is 8.56. The van der Waals surface area contributed by atoms with Crippen molar-refractivity contribution in [3.8, 4) is 11.8 Å². The van der Waals surface area contributed by atoms with Gasteiger partial charge in [0.15, 0.2) is 0 Å². The van der Waals surface area contributed by atoms with E-state index in [1.54, 1.807) is 12.1 Å². The van der Waals surface area contributed by atoms with Crippen molar-refractivity contribution in [2.75, 3.05) is 6.54 Å². The topological polar surface area (TPSA) is 29.1 Å². The maximum absolute atomic E-state index is 13.5. The number of hydrogen-bond donors (Lipinski definition) is 1. The Morgan fingerprint density at radius 3 is 2.57 bits per heavy atom. The van der Waals surface area contributed by atoms with Crippen LogP contribution in [0.25, 0.3) is 0 Å². The quantitative estimate of drug-likeness (QED) is 0.739. The van der Waals surface area contributed by atoms with Gasteiger partial charge in [-0.3, -0.25) is 4.79 Å². The first-order valence-corrected chi connectivity index (χ1v) is 7.52. The third-order valence-corrected chi connectivity index (χ3v) is 3.30. The Morgan fingerprint density at radius 1 is 1.04 bits per heavy atom. The number of hydrogen-bond acceptors (Lipinski definition) is 1. The molecule has 2 nitrogen and oxygen atoms in total. The van der Waals surface area contributed by atoms with E-state index in [0.29, 0.717) is 17.7 Å². The van der Waals surface area contributed by atoms with Gasteiger partial charge in [0.2, 0.25) is 0 Å². The van der Waals surface area contributed by atoms with E-state index in [9.17, 15) is 13.6 Å². The highest BCUT2D eigenvalue weighted by molar-refractivity contribution is 5.96. The zero-order valence-corrected chi connectivity index (χ0v) is 13.0. The summed E-state index contributed by atoms with van der Waals surface area (Å²) in [5, 5.41) is 2.77. The van der Waals surface area contributed by atoms with Gasteiger partial charge >= 0.3 is 0 Å². The molecule has 0 aromatic heterocycles. The van der Waals surface area contributed by atoms with Gasteiger partial charge in [-0.15, -0.1) is 0 Å². The summed E-state index contributed by atoms with van der Waals surface area (Å²) < 4.78 is 26.3. The molecule has 3 rings (SSSR count). The molecule has 23 heavy (non-hydrogen) atoms. The second-order valence-corrected chi connectivity index (χ2v) is 4.75. The summed E-state index contributed by atoms with van der Waals surface area (Å²) in [5.41, 5.74) is 2.43. The monoisotopic (exact) mass is 313 g/mol. The third kappa shape index (κ3) is 3.95. The predicted octanol–water partition coefficient (Wildman–Crippen LogP) is 3.68. The molecule has 0 atom stereocenters. The first kappa shape index (κ1) is 16.7. The highest BCUT2D eigenvalue weighted by Crippen LogP contribution is 2.16. The maximum Gasteiger partial charge on any atom is 0.251 e. The van der Waals surface area contributed by atoms with Gasteiger partial charge in [-0.25, -0.2) is 8.78 Å². The summed E-state index contributed by atoms with van der Waals surface area (Å²) in [7, 11) is 0. The highest BCUT2D eigenvalue weighted by Gasteiger charge is 2.15. The van der Waals surface area contributed by atoms with Crippen LogP contribution in [0.15, 0.2) is 36.4 Å². The number of fused-ring (bicyclic) bond motifs is 1. The maximum atomic E-state index is 13.5. The van der Waals surface area contributed by atoms with E-state index in [2.05, 4.69) is 17.2 Å². The van der Waals surface area contributed by atoms with Gasteiger partial charge in [-0.05, 0) is 42.3 Å². The van der Waals surface area contributed by atoms with E-state index in [-0.39, 0.29) is 11.5 Å². The Hall–Kier alpha value is -2.67. The minimum atomic E-state index is -0.681. The minimum absolute atomic E-state index is 0.0830. The van der Waals surface area contributed by atoms with Crippen LogP contribution < -0.4 is 5.32 Å². The number of carbonyl (C=O) groups excluding carboxylic acids is 1. The summed E-state index contributed by atoms with van der Waals surface area (Å²) in [6.07, 6.45) is 0.751. The predicted molar refractivity (Wildman–Crippen MR) is 86.2 cm³/mol. The van der Waals surface area contributed by atoms with E-state index in [1.165, 1.54) is 12.1 Å². The van der Waals surface area contributed by atoms with Crippen LogP contribution in [0.5, 0.6) is 0 Å². The largest absolute Gasteiger partial charge is 0.352 e. The van der Waals surface area contributed by atoms with Gasteiger partial charge in [0.25, 0.3) is 5.91 Å². The molecule has 0 fully saturated rings. The van der Waals surface area contributed by atoms with Crippen LogP contribution in [-0.4, -0.2) is 12.5 Å². The fraction of sp³-hybridized carbons (Fsp3) is 0.211. The normalized spacial score (nSPS) is 12.1. The zero-order valence-electron chi connectivity index (χ0n) is 13.0. The molecule has 0 unspecified atom stereocenters. The van der Waals surface area contributed by atoms with Gasteiger partial charge in [0.1, 0.15) is 11.6 Å². The van der Waals surface area contributed by atoms with Crippen molar-refractivity contribution in [1.82, 2.24) is 5.32 Å². The van der Waals surface area contributed by atoms with E-state index >= 15 is 0 Å². The Balaban J connectivity index is 0.000000924. The fourth-order valence-corrected chi connectivity index (χ4v) is 2.24. The number of rotatable bonds is 0. The average Bonchev–Trinajstić information content (AvgIpc) is 2.56. The highest BCUT2D eigenvalue weighted by atomic mass is 19.1. The van der Waals surface area contributed by atoms with Crippen molar-refractivity contribution in [3.63, 3.8) is 0 Å². The van der Waals surface area contributed by atoms with Gasteiger partial charge in [-0.1, -0.05) is 25.7 Å². The molecule has 1 N–H and O–H groups in total. The lowest BCUT2D eigenvalue weighted by atomic mass is 9.98. The molecule has 0 saturated carbocycles. The van der Waals surface area contributed by atoms with Gasteiger partial charge in [0.05, 0.1) is 5.56 Å². The van der Waals surface area contributed by atoms with Crippen LogP contribution in [0, 0.1) is 23.5 Å². The summed E-state index contributed by atoms with van der Waals surface area (Å²) in [6.45, 7) is 4.61. The first-order valence-electron chi connectivity index (χ1n) is 7.52. The van der Waals surface area contributed by atoms with Crippen molar-refractivity contribution < 1.29 is 13.6 Å². The Morgan fingerprint density at radius 2 is 1.83 bits per heavy atom. The molecule has 2 aromatic rings. The van der Waals surface area contributed by atoms with E-state index in [4.69, 9.17) is 0 Å². The van der Waals surface area contributed by atoms with Crippen molar-refractivity contribution >= 4 is 5.91 Å². The van der Waals surface area contributed by atoms with Gasteiger partial charge in [0, 0.05) is 23.7 Å². The molecule has 118 valence electrons. The lowest BCUT2D eigenvalue weighted by Crippen LogP contribution is -2.31. The van der Waals surface area contributed by atoms with Crippen LogP contribution in [0.2, 0.25) is 0 Å². The molecule has 1 heterocycles. The van der Waals surface area contributed by atoms with Crippen molar-refractivity contribution in [1.29, 1.82) is 0 Å². The molecule has 0 bridgehead atoms. The summed E-state index contributed by atoms with van der Waals surface area (Å²) in [4.78, 5) is 11.6.